The molecule has 1 aromatic carbocycles. The Balaban J connectivity index is 2.19. The van der Waals surface area contributed by atoms with Gasteiger partial charge in [-0.1, -0.05) is 38.8 Å². The third kappa shape index (κ3) is 3.76. The Morgan fingerprint density at radius 2 is 1.80 bits per heavy atom. The molecule has 1 fully saturated rings. The Hall–Kier alpha value is -1.02. The van der Waals surface area contributed by atoms with E-state index in [0.29, 0.717) is 17.7 Å². The number of nitrogens with zero attached hydrogens (tertiary/aromatic N) is 1. The highest BCUT2D eigenvalue weighted by molar-refractivity contribution is 5.31. The average molecular weight is 275 g/mol. The van der Waals surface area contributed by atoms with Gasteiger partial charge in [-0.2, -0.15) is 0 Å². The van der Waals surface area contributed by atoms with E-state index in [9.17, 15) is 5.11 Å². The number of hydrogen-bond acceptors (Lipinski definition) is 2. The molecular weight excluding hydrogens is 246 g/mol. The molecule has 112 valence electrons. The van der Waals surface area contributed by atoms with E-state index < -0.39 is 0 Å². The van der Waals surface area contributed by atoms with Crippen molar-refractivity contribution in [2.45, 2.75) is 64.3 Å². The lowest BCUT2D eigenvalue weighted by atomic mass is 9.79. The van der Waals surface area contributed by atoms with Crippen molar-refractivity contribution in [1.82, 2.24) is 4.90 Å². The molecule has 20 heavy (non-hydrogen) atoms. The second-order valence-corrected chi connectivity index (χ2v) is 6.09. The van der Waals surface area contributed by atoms with E-state index in [0.717, 1.165) is 0 Å². The van der Waals surface area contributed by atoms with Crippen LogP contribution in [-0.2, 0) is 0 Å². The number of rotatable bonds is 6. The predicted octanol–water partition coefficient (Wildman–Crippen LogP) is 4.54. The van der Waals surface area contributed by atoms with Crippen molar-refractivity contribution in [3.8, 4) is 5.75 Å². The molecule has 1 N–H and O–H groups in total. The van der Waals surface area contributed by atoms with E-state index in [4.69, 9.17) is 0 Å². The molecule has 0 saturated heterocycles. The summed E-state index contributed by atoms with van der Waals surface area (Å²) >= 11 is 0. The van der Waals surface area contributed by atoms with E-state index in [1.165, 1.54) is 57.2 Å². The van der Waals surface area contributed by atoms with Gasteiger partial charge in [0.25, 0.3) is 0 Å². The van der Waals surface area contributed by atoms with Crippen LogP contribution in [0.25, 0.3) is 0 Å². The lowest BCUT2D eigenvalue weighted by Crippen LogP contribution is -2.42. The third-order valence-corrected chi connectivity index (χ3v) is 4.52. The Labute approximate surface area is 123 Å². The van der Waals surface area contributed by atoms with E-state index >= 15 is 0 Å². The van der Waals surface area contributed by atoms with Crippen LogP contribution in [0.4, 0.5) is 0 Å². The molecule has 0 aliphatic heterocycles. The molecule has 2 atom stereocenters. The summed E-state index contributed by atoms with van der Waals surface area (Å²) in [5.41, 5.74) is 1.33. The molecule has 1 saturated carbocycles. The summed E-state index contributed by atoms with van der Waals surface area (Å²) in [6.45, 7) is 6.95. The summed E-state index contributed by atoms with van der Waals surface area (Å²) in [5, 5.41) is 9.76. The monoisotopic (exact) mass is 275 g/mol. The normalized spacial score (nSPS) is 23.1. The first-order valence-corrected chi connectivity index (χ1v) is 8.29. The molecular formula is C18H29NO. The molecule has 0 radical (unpaired) electrons. The second kappa shape index (κ2) is 7.68. The summed E-state index contributed by atoms with van der Waals surface area (Å²) in [4.78, 5) is 2.69. The van der Waals surface area contributed by atoms with Crippen LogP contribution in [0.1, 0.15) is 63.9 Å². The Morgan fingerprint density at radius 1 is 1.10 bits per heavy atom. The zero-order valence-electron chi connectivity index (χ0n) is 13.0. The summed E-state index contributed by atoms with van der Waals surface area (Å²) in [5.74, 6) is 0.998. The van der Waals surface area contributed by atoms with Crippen molar-refractivity contribution in [2.75, 3.05) is 13.1 Å². The fraction of sp³-hybridized carbons (Fsp3) is 0.667. The Morgan fingerprint density at radius 3 is 2.45 bits per heavy atom. The lowest BCUT2D eigenvalue weighted by molar-refractivity contribution is 0.135. The van der Waals surface area contributed by atoms with Gasteiger partial charge in [-0.3, -0.25) is 4.90 Å². The van der Waals surface area contributed by atoms with E-state index in [2.05, 4.69) is 24.8 Å². The minimum Gasteiger partial charge on any atom is -0.508 e. The highest BCUT2D eigenvalue weighted by atomic mass is 16.3. The summed E-state index contributed by atoms with van der Waals surface area (Å²) in [6, 6.07) is 8.58. The van der Waals surface area contributed by atoms with Gasteiger partial charge in [0, 0.05) is 6.04 Å². The molecule has 1 aliphatic rings. The van der Waals surface area contributed by atoms with Crippen molar-refractivity contribution in [1.29, 1.82) is 0 Å². The molecule has 0 amide bonds. The van der Waals surface area contributed by atoms with Gasteiger partial charge >= 0.3 is 0 Å². The molecule has 2 rings (SSSR count). The number of benzene rings is 1. The third-order valence-electron chi connectivity index (χ3n) is 4.52. The largest absolute Gasteiger partial charge is 0.508 e. The van der Waals surface area contributed by atoms with Gasteiger partial charge in [0.2, 0.25) is 0 Å². The fourth-order valence-electron chi connectivity index (χ4n) is 3.71. The first kappa shape index (κ1) is 15.4. The number of phenols is 1. The minimum absolute atomic E-state index is 0.407. The van der Waals surface area contributed by atoms with Gasteiger partial charge in [0.05, 0.1) is 0 Å². The van der Waals surface area contributed by atoms with Gasteiger partial charge in [-0.15, -0.1) is 0 Å². The van der Waals surface area contributed by atoms with Crippen LogP contribution in [0.15, 0.2) is 24.3 Å². The molecule has 0 aromatic heterocycles. The zero-order valence-corrected chi connectivity index (χ0v) is 13.0. The van der Waals surface area contributed by atoms with Crippen molar-refractivity contribution < 1.29 is 5.11 Å². The van der Waals surface area contributed by atoms with E-state index in [-0.39, 0.29) is 0 Å². The van der Waals surface area contributed by atoms with Crippen LogP contribution >= 0.6 is 0 Å². The molecule has 0 spiro atoms. The summed E-state index contributed by atoms with van der Waals surface area (Å²) in [6.07, 6.45) is 7.69. The van der Waals surface area contributed by atoms with Crippen molar-refractivity contribution >= 4 is 0 Å². The Bertz CT molecular complexity index is 398. The average Bonchev–Trinajstić information content (AvgIpc) is 2.47. The van der Waals surface area contributed by atoms with Gasteiger partial charge in [-0.05, 0) is 62.4 Å². The van der Waals surface area contributed by atoms with Gasteiger partial charge in [0.15, 0.2) is 0 Å². The van der Waals surface area contributed by atoms with Crippen LogP contribution in [-0.4, -0.2) is 29.1 Å². The lowest BCUT2D eigenvalue weighted by Gasteiger charge is -2.40. The standard InChI is InChI=1S/C18H29NO/c1-3-12-19(13-4-2)18-11-6-5-10-17(18)15-8-7-9-16(20)14-15/h7-9,14,17-18,20H,3-6,10-13H2,1-2H3/t17-,18+/m0/s1. The highest BCUT2D eigenvalue weighted by Crippen LogP contribution is 2.37. The van der Waals surface area contributed by atoms with E-state index in [1.807, 2.05) is 12.1 Å². The first-order chi connectivity index (χ1) is 9.76. The smallest absolute Gasteiger partial charge is 0.115 e. The molecule has 0 heterocycles. The molecule has 2 nitrogen and oxygen atoms in total. The van der Waals surface area contributed by atoms with Gasteiger partial charge in [0.1, 0.15) is 5.75 Å². The fourth-order valence-corrected chi connectivity index (χ4v) is 3.71. The van der Waals surface area contributed by atoms with Crippen molar-refractivity contribution in [3.63, 3.8) is 0 Å². The molecule has 0 unspecified atom stereocenters. The van der Waals surface area contributed by atoms with Gasteiger partial charge < -0.3 is 5.11 Å². The van der Waals surface area contributed by atoms with Crippen LogP contribution in [0, 0.1) is 0 Å². The molecule has 1 aromatic rings. The zero-order chi connectivity index (χ0) is 14.4. The summed E-state index contributed by atoms with van der Waals surface area (Å²) in [7, 11) is 0. The SMILES string of the molecule is CCCN(CCC)[C@@H]1CCCC[C@H]1c1cccc(O)c1. The van der Waals surface area contributed by atoms with Gasteiger partial charge in [-0.25, -0.2) is 0 Å². The van der Waals surface area contributed by atoms with Crippen LogP contribution in [0.5, 0.6) is 5.75 Å². The summed E-state index contributed by atoms with van der Waals surface area (Å²) < 4.78 is 0. The highest BCUT2D eigenvalue weighted by Gasteiger charge is 2.30. The number of hydrogen-bond donors (Lipinski definition) is 1. The van der Waals surface area contributed by atoms with E-state index in [1.54, 1.807) is 6.07 Å². The van der Waals surface area contributed by atoms with Crippen molar-refractivity contribution in [3.05, 3.63) is 29.8 Å². The number of aromatic hydroxyl groups is 1. The minimum atomic E-state index is 0.407. The first-order valence-electron chi connectivity index (χ1n) is 8.29. The van der Waals surface area contributed by atoms with Crippen LogP contribution in [0.2, 0.25) is 0 Å². The maximum absolute atomic E-state index is 9.76. The maximum atomic E-state index is 9.76. The second-order valence-electron chi connectivity index (χ2n) is 6.09. The van der Waals surface area contributed by atoms with Crippen molar-refractivity contribution in [2.24, 2.45) is 0 Å². The quantitative estimate of drug-likeness (QED) is 0.824. The topological polar surface area (TPSA) is 23.5 Å². The van der Waals surface area contributed by atoms with Crippen LogP contribution < -0.4 is 0 Å². The Kier molecular flexibility index (Phi) is 5.90. The molecule has 0 bridgehead atoms. The maximum Gasteiger partial charge on any atom is 0.115 e. The molecule has 2 heteroatoms. The van der Waals surface area contributed by atoms with Crippen LogP contribution in [0.3, 0.4) is 0 Å². The molecule has 1 aliphatic carbocycles. The number of phenolic OH excluding ortho intramolecular Hbond substituents is 1. The predicted molar refractivity (Wildman–Crippen MR) is 85.3 cm³/mol.